The Kier molecular flexibility index (Phi) is 6.77. The Morgan fingerprint density at radius 2 is 1.61 bits per heavy atom. The number of nitrogens with two attached hydrogens (primary N) is 1. The van der Waals surface area contributed by atoms with E-state index in [1.54, 1.807) is 30.3 Å². The van der Waals surface area contributed by atoms with E-state index in [1.165, 1.54) is 55.5 Å². The zero-order valence-corrected chi connectivity index (χ0v) is 20.7. The van der Waals surface area contributed by atoms with Crippen molar-refractivity contribution >= 4 is 44.8 Å². The number of hydrogen-bond acceptors (Lipinski definition) is 7. The third-order valence-electron chi connectivity index (χ3n) is 5.74. The van der Waals surface area contributed by atoms with E-state index >= 15 is 0 Å². The highest BCUT2D eigenvalue weighted by atomic mass is 35.5. The molecule has 186 valence electrons. The van der Waals surface area contributed by atoms with Crippen LogP contribution < -0.4 is 19.5 Å². The molecule has 1 aliphatic rings. The second-order valence-electron chi connectivity index (χ2n) is 7.82. The van der Waals surface area contributed by atoms with E-state index in [1.807, 2.05) is 0 Å². The Morgan fingerprint density at radius 1 is 0.972 bits per heavy atom. The molecule has 1 aliphatic heterocycles. The van der Waals surface area contributed by atoms with Gasteiger partial charge < -0.3 is 14.6 Å². The normalized spacial score (nSPS) is 17.3. The third kappa shape index (κ3) is 4.53. The maximum atomic E-state index is 13.3. The Hall–Kier alpha value is -3.86. The number of nitrogens with zero attached hydrogens (tertiary/aromatic N) is 1. The topological polar surface area (TPSA) is 136 Å². The number of rotatable bonds is 6. The molecule has 0 bridgehead atoms. The first-order valence-corrected chi connectivity index (χ1v) is 12.4. The quantitative estimate of drug-likeness (QED) is 0.283. The van der Waals surface area contributed by atoms with E-state index in [-0.39, 0.29) is 21.7 Å². The number of Topliss-reactive ketones (excluding diaryl/α,β-unsaturated/α-hetero) is 1. The van der Waals surface area contributed by atoms with Crippen LogP contribution in [0.25, 0.3) is 5.76 Å². The van der Waals surface area contributed by atoms with Crippen molar-refractivity contribution in [1.29, 1.82) is 0 Å². The smallest absolute Gasteiger partial charge is 0.300 e. The summed E-state index contributed by atoms with van der Waals surface area (Å²) in [5.74, 6) is -1.48. The molecule has 1 amide bonds. The van der Waals surface area contributed by atoms with Gasteiger partial charge in [-0.25, -0.2) is 13.6 Å². The van der Waals surface area contributed by atoms with Gasteiger partial charge in [0, 0.05) is 27.9 Å². The van der Waals surface area contributed by atoms with Gasteiger partial charge in [0.1, 0.15) is 17.3 Å². The van der Waals surface area contributed by atoms with E-state index in [0.29, 0.717) is 22.1 Å². The largest absolute Gasteiger partial charge is 0.507 e. The summed E-state index contributed by atoms with van der Waals surface area (Å²) in [4.78, 5) is 27.6. The number of methoxy groups -OCH3 is 2. The number of anilines is 1. The van der Waals surface area contributed by atoms with Gasteiger partial charge in [-0.05, 0) is 60.7 Å². The van der Waals surface area contributed by atoms with Gasteiger partial charge in [-0.1, -0.05) is 11.6 Å². The number of amides is 1. The van der Waals surface area contributed by atoms with Crippen molar-refractivity contribution in [1.82, 2.24) is 0 Å². The van der Waals surface area contributed by atoms with Crippen molar-refractivity contribution in [3.8, 4) is 11.5 Å². The molecule has 36 heavy (non-hydrogen) atoms. The molecule has 3 N–H and O–H groups in total. The summed E-state index contributed by atoms with van der Waals surface area (Å²) in [7, 11) is -1.08. The molecule has 0 saturated carbocycles. The maximum Gasteiger partial charge on any atom is 0.300 e. The van der Waals surface area contributed by atoms with Crippen molar-refractivity contribution < 1.29 is 32.6 Å². The van der Waals surface area contributed by atoms with Crippen LogP contribution in [0.15, 0.2) is 77.2 Å². The molecule has 1 heterocycles. The first-order valence-electron chi connectivity index (χ1n) is 10.5. The van der Waals surface area contributed by atoms with E-state index in [2.05, 4.69) is 0 Å². The number of aliphatic hydroxyl groups is 1. The van der Waals surface area contributed by atoms with Crippen LogP contribution in [0.2, 0.25) is 5.02 Å². The highest BCUT2D eigenvalue weighted by molar-refractivity contribution is 7.89. The highest BCUT2D eigenvalue weighted by Gasteiger charge is 2.48. The van der Waals surface area contributed by atoms with Crippen LogP contribution in [-0.4, -0.2) is 39.4 Å². The van der Waals surface area contributed by atoms with E-state index < -0.39 is 33.5 Å². The number of carbonyl (C=O) groups is 2. The van der Waals surface area contributed by atoms with Crippen molar-refractivity contribution in [3.05, 3.63) is 88.5 Å². The predicted octanol–water partition coefficient (Wildman–Crippen LogP) is 3.63. The van der Waals surface area contributed by atoms with E-state index in [4.69, 9.17) is 26.2 Å². The molecular weight excluding hydrogens is 508 g/mol. The third-order valence-corrected chi connectivity index (χ3v) is 6.92. The van der Waals surface area contributed by atoms with Gasteiger partial charge in [0.2, 0.25) is 10.0 Å². The summed E-state index contributed by atoms with van der Waals surface area (Å²) in [6.07, 6.45) is 0. The average molecular weight is 529 g/mol. The number of ketones is 1. The second-order valence-corrected chi connectivity index (χ2v) is 9.82. The molecule has 0 aromatic heterocycles. The van der Waals surface area contributed by atoms with Gasteiger partial charge in [0.25, 0.3) is 11.7 Å². The average Bonchev–Trinajstić information content (AvgIpc) is 3.13. The van der Waals surface area contributed by atoms with Crippen molar-refractivity contribution in [2.45, 2.75) is 10.9 Å². The summed E-state index contributed by atoms with van der Waals surface area (Å²) < 4.78 is 34.2. The predicted molar refractivity (Wildman–Crippen MR) is 134 cm³/mol. The number of halogens is 1. The number of carbonyl (C=O) groups excluding carboxylic acids is 2. The highest BCUT2D eigenvalue weighted by Crippen LogP contribution is 2.45. The lowest BCUT2D eigenvalue weighted by molar-refractivity contribution is -0.132. The monoisotopic (exact) mass is 528 g/mol. The molecule has 1 saturated heterocycles. The number of sulfonamides is 1. The first kappa shape index (κ1) is 25.2. The first-order chi connectivity index (χ1) is 17.1. The fraction of sp³-hybridized carbons (Fsp3) is 0.120. The fourth-order valence-corrected chi connectivity index (χ4v) is 4.64. The molecule has 11 heteroatoms. The minimum absolute atomic E-state index is 0.164. The SMILES string of the molecule is COc1ccc(C2/C(=C(/O)c3ccc(Cl)cc3)C(=O)C(=O)N2c2ccc(S(N)(=O)=O)cc2)c(OC)c1. The van der Waals surface area contributed by atoms with Crippen molar-refractivity contribution in [2.24, 2.45) is 5.14 Å². The number of aliphatic hydroxyl groups excluding tert-OH is 1. The standard InChI is InChI=1S/C25H21ClN2O7S/c1-34-17-9-12-19(20(13-17)35-2)22-21(23(29)14-3-5-15(26)6-4-14)24(30)25(31)28(22)16-7-10-18(11-8-16)36(27,32)33/h3-13,22,29H,1-2H3,(H2,27,32,33)/b23-21-. The van der Waals surface area contributed by atoms with Gasteiger partial charge >= 0.3 is 0 Å². The van der Waals surface area contributed by atoms with Gasteiger partial charge in [0.15, 0.2) is 0 Å². The number of hydrogen-bond donors (Lipinski definition) is 2. The molecule has 4 rings (SSSR count). The van der Waals surface area contributed by atoms with Gasteiger partial charge in [-0.3, -0.25) is 14.5 Å². The van der Waals surface area contributed by atoms with Crippen LogP contribution >= 0.6 is 11.6 Å². The zero-order chi connectivity index (χ0) is 26.2. The minimum atomic E-state index is -3.98. The number of benzene rings is 3. The molecule has 0 aliphatic carbocycles. The summed E-state index contributed by atoms with van der Waals surface area (Å²) in [6.45, 7) is 0. The molecule has 3 aromatic rings. The zero-order valence-electron chi connectivity index (χ0n) is 19.1. The van der Waals surface area contributed by atoms with Crippen LogP contribution in [0.3, 0.4) is 0 Å². The lowest BCUT2D eigenvalue weighted by Crippen LogP contribution is -2.29. The summed E-state index contributed by atoms with van der Waals surface area (Å²) in [5, 5.41) is 16.8. The van der Waals surface area contributed by atoms with Gasteiger partial charge in [-0.2, -0.15) is 0 Å². The fourth-order valence-electron chi connectivity index (χ4n) is 4.00. The minimum Gasteiger partial charge on any atom is -0.507 e. The lowest BCUT2D eigenvalue weighted by atomic mass is 9.94. The Balaban J connectivity index is 1.97. The Bertz CT molecular complexity index is 1480. The summed E-state index contributed by atoms with van der Waals surface area (Å²) >= 11 is 5.96. The number of ether oxygens (including phenoxy) is 2. The van der Waals surface area contributed by atoms with Crippen LogP contribution in [0, 0.1) is 0 Å². The van der Waals surface area contributed by atoms with Gasteiger partial charge in [-0.15, -0.1) is 0 Å². The van der Waals surface area contributed by atoms with Crippen LogP contribution in [0.5, 0.6) is 11.5 Å². The lowest BCUT2D eigenvalue weighted by Gasteiger charge is -2.27. The Labute approximate surface area is 212 Å². The summed E-state index contributed by atoms with van der Waals surface area (Å²) in [5.41, 5.74) is 0.701. The maximum absolute atomic E-state index is 13.3. The number of primary sulfonamides is 1. The van der Waals surface area contributed by atoms with Crippen molar-refractivity contribution in [3.63, 3.8) is 0 Å². The molecule has 9 nitrogen and oxygen atoms in total. The van der Waals surface area contributed by atoms with Crippen LogP contribution in [-0.2, 0) is 19.6 Å². The molecule has 1 fully saturated rings. The molecule has 1 unspecified atom stereocenters. The molecular formula is C25H21ClN2O7S. The molecule has 1 atom stereocenters. The van der Waals surface area contributed by atoms with Crippen molar-refractivity contribution in [2.75, 3.05) is 19.1 Å². The molecule has 0 spiro atoms. The summed E-state index contributed by atoms with van der Waals surface area (Å²) in [6, 6.07) is 15.0. The van der Waals surface area contributed by atoms with Crippen LogP contribution in [0.1, 0.15) is 17.2 Å². The molecule has 0 radical (unpaired) electrons. The molecule has 3 aromatic carbocycles. The van der Waals surface area contributed by atoms with Gasteiger partial charge in [0.05, 0.1) is 30.7 Å². The Morgan fingerprint density at radius 3 is 2.17 bits per heavy atom. The van der Waals surface area contributed by atoms with E-state index in [9.17, 15) is 23.1 Å². The van der Waals surface area contributed by atoms with Crippen LogP contribution in [0.4, 0.5) is 5.69 Å². The van der Waals surface area contributed by atoms with E-state index in [0.717, 1.165) is 0 Å². The second kappa shape index (κ2) is 9.65.